The van der Waals surface area contributed by atoms with Crippen LogP contribution in [-0.4, -0.2) is 34.6 Å². The SMILES string of the molecule is CCN(CCCO)Cc1cccc([N+](=O)[O-])c1F. The molecule has 0 aliphatic rings. The minimum atomic E-state index is -0.773. The van der Waals surface area contributed by atoms with Gasteiger partial charge in [0, 0.05) is 31.3 Å². The van der Waals surface area contributed by atoms with E-state index in [-0.39, 0.29) is 6.61 Å². The number of hydrogen-bond donors (Lipinski definition) is 1. The molecule has 0 amide bonds. The lowest BCUT2D eigenvalue weighted by Crippen LogP contribution is -2.25. The van der Waals surface area contributed by atoms with Crippen LogP contribution in [0.15, 0.2) is 18.2 Å². The van der Waals surface area contributed by atoms with E-state index in [1.165, 1.54) is 6.07 Å². The minimum absolute atomic E-state index is 0.0773. The molecule has 0 saturated heterocycles. The molecule has 0 fully saturated rings. The molecular weight excluding hydrogens is 239 g/mol. The smallest absolute Gasteiger partial charge is 0.305 e. The zero-order valence-corrected chi connectivity index (χ0v) is 10.3. The average molecular weight is 256 g/mol. The molecule has 1 rings (SSSR count). The molecule has 18 heavy (non-hydrogen) atoms. The van der Waals surface area contributed by atoms with Crippen molar-refractivity contribution in [3.63, 3.8) is 0 Å². The van der Waals surface area contributed by atoms with Gasteiger partial charge >= 0.3 is 5.69 Å². The highest BCUT2D eigenvalue weighted by Crippen LogP contribution is 2.21. The normalized spacial score (nSPS) is 10.9. The fourth-order valence-electron chi connectivity index (χ4n) is 1.71. The topological polar surface area (TPSA) is 66.6 Å². The Hall–Kier alpha value is -1.53. The second-order valence-corrected chi connectivity index (χ2v) is 3.95. The summed E-state index contributed by atoms with van der Waals surface area (Å²) in [7, 11) is 0. The van der Waals surface area contributed by atoms with E-state index in [1.54, 1.807) is 6.07 Å². The van der Waals surface area contributed by atoms with Gasteiger partial charge in [-0.3, -0.25) is 15.0 Å². The number of nitro groups is 1. The van der Waals surface area contributed by atoms with Gasteiger partial charge in [0.25, 0.3) is 0 Å². The number of halogens is 1. The number of aliphatic hydroxyl groups excluding tert-OH is 1. The van der Waals surface area contributed by atoms with Gasteiger partial charge in [-0.15, -0.1) is 0 Å². The van der Waals surface area contributed by atoms with Crippen LogP contribution in [0.25, 0.3) is 0 Å². The standard InChI is InChI=1S/C12H17FN2O3/c1-2-14(7-4-8-16)9-10-5-3-6-11(12(10)13)15(17)18/h3,5-6,16H,2,4,7-9H2,1H3. The Bertz CT molecular complexity index is 412. The van der Waals surface area contributed by atoms with Gasteiger partial charge in [-0.2, -0.15) is 4.39 Å². The Kier molecular flexibility index (Phi) is 5.67. The van der Waals surface area contributed by atoms with Crippen LogP contribution in [0.3, 0.4) is 0 Å². The van der Waals surface area contributed by atoms with Crippen LogP contribution in [0.2, 0.25) is 0 Å². The molecule has 0 unspecified atom stereocenters. The van der Waals surface area contributed by atoms with Crippen molar-refractivity contribution < 1.29 is 14.4 Å². The molecule has 1 N–H and O–H groups in total. The highest BCUT2D eigenvalue weighted by molar-refractivity contribution is 5.36. The van der Waals surface area contributed by atoms with Crippen molar-refractivity contribution in [3.8, 4) is 0 Å². The maximum atomic E-state index is 13.8. The van der Waals surface area contributed by atoms with E-state index >= 15 is 0 Å². The number of rotatable bonds is 7. The maximum absolute atomic E-state index is 13.8. The van der Waals surface area contributed by atoms with Crippen molar-refractivity contribution in [2.24, 2.45) is 0 Å². The van der Waals surface area contributed by atoms with Gasteiger partial charge in [0.05, 0.1) is 4.92 Å². The van der Waals surface area contributed by atoms with Crippen LogP contribution in [0, 0.1) is 15.9 Å². The molecule has 0 aromatic heterocycles. The summed E-state index contributed by atoms with van der Waals surface area (Å²) in [4.78, 5) is 11.8. The lowest BCUT2D eigenvalue weighted by atomic mass is 10.1. The zero-order chi connectivity index (χ0) is 13.5. The minimum Gasteiger partial charge on any atom is -0.396 e. The molecule has 0 saturated carbocycles. The van der Waals surface area contributed by atoms with Crippen molar-refractivity contribution in [1.82, 2.24) is 4.90 Å². The summed E-state index contributed by atoms with van der Waals surface area (Å²) in [6.45, 7) is 3.64. The Labute approximate surface area is 105 Å². The van der Waals surface area contributed by atoms with E-state index in [1.807, 2.05) is 11.8 Å². The molecule has 1 aromatic rings. The number of nitrogens with zero attached hydrogens (tertiary/aromatic N) is 2. The van der Waals surface area contributed by atoms with Gasteiger partial charge in [-0.05, 0) is 13.0 Å². The molecule has 6 heteroatoms. The summed E-state index contributed by atoms with van der Waals surface area (Å²) < 4.78 is 13.8. The average Bonchev–Trinajstić information content (AvgIpc) is 2.36. The molecule has 0 heterocycles. The molecule has 0 aliphatic carbocycles. The number of aliphatic hydroxyl groups is 1. The van der Waals surface area contributed by atoms with Crippen molar-refractivity contribution in [2.75, 3.05) is 19.7 Å². The molecule has 0 atom stereocenters. The first-order valence-corrected chi connectivity index (χ1v) is 5.85. The largest absolute Gasteiger partial charge is 0.396 e. The molecule has 0 aliphatic heterocycles. The summed E-state index contributed by atoms with van der Waals surface area (Å²) in [6.07, 6.45) is 0.602. The van der Waals surface area contributed by atoms with Crippen molar-refractivity contribution in [1.29, 1.82) is 0 Å². The summed E-state index contributed by atoms with van der Waals surface area (Å²) in [5.41, 5.74) is -0.185. The monoisotopic (exact) mass is 256 g/mol. The highest BCUT2D eigenvalue weighted by atomic mass is 19.1. The first kappa shape index (κ1) is 14.5. The molecule has 100 valence electrons. The Balaban J connectivity index is 2.83. The van der Waals surface area contributed by atoms with Crippen LogP contribution in [0.4, 0.5) is 10.1 Å². The quantitative estimate of drug-likeness (QED) is 0.598. The fraction of sp³-hybridized carbons (Fsp3) is 0.500. The van der Waals surface area contributed by atoms with Crippen LogP contribution in [-0.2, 0) is 6.54 Å². The predicted molar refractivity (Wildman–Crippen MR) is 65.7 cm³/mol. The second kappa shape index (κ2) is 7.03. The van der Waals surface area contributed by atoms with Gasteiger partial charge < -0.3 is 5.11 Å². The van der Waals surface area contributed by atoms with Gasteiger partial charge in [0.2, 0.25) is 5.82 Å². The van der Waals surface area contributed by atoms with Gasteiger partial charge in [0.15, 0.2) is 0 Å². The van der Waals surface area contributed by atoms with E-state index in [4.69, 9.17) is 5.11 Å². The lowest BCUT2D eigenvalue weighted by Gasteiger charge is -2.20. The molecular formula is C12H17FN2O3. The van der Waals surface area contributed by atoms with E-state index in [2.05, 4.69) is 0 Å². The molecule has 5 nitrogen and oxygen atoms in total. The molecule has 0 radical (unpaired) electrons. The summed E-state index contributed by atoms with van der Waals surface area (Å²) in [6, 6.07) is 4.18. The van der Waals surface area contributed by atoms with Gasteiger partial charge in [-0.25, -0.2) is 0 Å². The third-order valence-electron chi connectivity index (χ3n) is 2.73. The van der Waals surface area contributed by atoms with E-state index < -0.39 is 16.4 Å². The third kappa shape index (κ3) is 3.75. The Morgan fingerprint density at radius 1 is 1.50 bits per heavy atom. The molecule has 1 aromatic carbocycles. The van der Waals surface area contributed by atoms with Crippen LogP contribution in [0.5, 0.6) is 0 Å². The summed E-state index contributed by atoms with van der Waals surface area (Å²) >= 11 is 0. The third-order valence-corrected chi connectivity index (χ3v) is 2.73. The zero-order valence-electron chi connectivity index (χ0n) is 10.3. The maximum Gasteiger partial charge on any atom is 0.305 e. The number of hydrogen-bond acceptors (Lipinski definition) is 4. The van der Waals surface area contributed by atoms with Crippen molar-refractivity contribution in [3.05, 3.63) is 39.7 Å². The van der Waals surface area contributed by atoms with Gasteiger partial charge in [-0.1, -0.05) is 19.1 Å². The number of nitro benzene ring substituents is 1. The first-order chi connectivity index (χ1) is 8.60. The second-order valence-electron chi connectivity index (χ2n) is 3.95. The number of benzene rings is 1. The first-order valence-electron chi connectivity index (χ1n) is 5.85. The van der Waals surface area contributed by atoms with Crippen LogP contribution >= 0.6 is 0 Å². The van der Waals surface area contributed by atoms with Crippen LogP contribution in [0.1, 0.15) is 18.9 Å². The molecule has 0 spiro atoms. The summed E-state index contributed by atoms with van der Waals surface area (Å²) in [5.74, 6) is -0.773. The van der Waals surface area contributed by atoms with Crippen LogP contribution < -0.4 is 0 Å². The van der Waals surface area contributed by atoms with Crippen molar-refractivity contribution >= 4 is 5.69 Å². The highest BCUT2D eigenvalue weighted by Gasteiger charge is 2.18. The fourth-order valence-corrected chi connectivity index (χ4v) is 1.71. The Morgan fingerprint density at radius 2 is 2.22 bits per heavy atom. The van der Waals surface area contributed by atoms with E-state index in [0.29, 0.717) is 31.6 Å². The van der Waals surface area contributed by atoms with E-state index in [9.17, 15) is 14.5 Å². The van der Waals surface area contributed by atoms with Gasteiger partial charge in [0.1, 0.15) is 0 Å². The Morgan fingerprint density at radius 3 is 2.78 bits per heavy atom. The van der Waals surface area contributed by atoms with Crippen molar-refractivity contribution in [2.45, 2.75) is 19.9 Å². The molecule has 0 bridgehead atoms. The summed E-state index contributed by atoms with van der Waals surface area (Å²) in [5, 5.41) is 19.4. The van der Waals surface area contributed by atoms with E-state index in [0.717, 1.165) is 6.07 Å². The lowest BCUT2D eigenvalue weighted by molar-refractivity contribution is -0.387. The predicted octanol–water partition coefficient (Wildman–Crippen LogP) is 1.94.